The van der Waals surface area contributed by atoms with Crippen LogP contribution in [-0.4, -0.2) is 53.8 Å². The number of methoxy groups -OCH3 is 1. The number of likely N-dealkylation sites (tertiary alicyclic amines) is 1. The van der Waals surface area contributed by atoms with Crippen LogP contribution >= 0.6 is 0 Å². The summed E-state index contributed by atoms with van der Waals surface area (Å²) in [4.78, 5) is 60.4. The number of nitrogens with one attached hydrogen (secondary N) is 1. The molecule has 0 spiro atoms. The first-order valence-corrected chi connectivity index (χ1v) is 9.86. The van der Waals surface area contributed by atoms with Gasteiger partial charge in [-0.3, -0.25) is 34.2 Å². The SMILES string of the molecule is COc1cc(NC(=O)COC(=O)CN2C(=O)[C@H]3CCCC[C@H]3C2=O)c(C)cc1[N+](=O)[O-]. The number of nitrogens with zero attached hydrogens (tertiary/aromatic N) is 2. The Hall–Kier alpha value is -3.50. The molecular weight excluding hydrogens is 410 g/mol. The average molecular weight is 433 g/mol. The van der Waals surface area contributed by atoms with Gasteiger partial charge in [-0.1, -0.05) is 12.8 Å². The van der Waals surface area contributed by atoms with Gasteiger partial charge in [0.05, 0.1) is 23.9 Å². The van der Waals surface area contributed by atoms with E-state index in [1.54, 1.807) is 6.92 Å². The third-order valence-electron chi connectivity index (χ3n) is 5.58. The van der Waals surface area contributed by atoms with Gasteiger partial charge >= 0.3 is 11.7 Å². The van der Waals surface area contributed by atoms with Gasteiger partial charge in [0.15, 0.2) is 12.4 Å². The number of nitro benzene ring substituents is 1. The van der Waals surface area contributed by atoms with Crippen molar-refractivity contribution < 1.29 is 33.6 Å². The Bertz CT molecular complexity index is 921. The monoisotopic (exact) mass is 433 g/mol. The highest BCUT2D eigenvalue weighted by molar-refractivity contribution is 6.07. The Morgan fingerprint density at radius 2 is 1.81 bits per heavy atom. The molecule has 1 saturated heterocycles. The summed E-state index contributed by atoms with van der Waals surface area (Å²) >= 11 is 0. The normalized spacial score (nSPS) is 20.3. The second-order valence-corrected chi connectivity index (χ2v) is 7.57. The highest BCUT2D eigenvalue weighted by atomic mass is 16.6. The van der Waals surface area contributed by atoms with Crippen molar-refractivity contribution in [1.29, 1.82) is 0 Å². The molecule has 1 saturated carbocycles. The van der Waals surface area contributed by atoms with Gasteiger partial charge in [-0.05, 0) is 25.3 Å². The van der Waals surface area contributed by atoms with Gasteiger partial charge in [-0.15, -0.1) is 0 Å². The summed E-state index contributed by atoms with van der Waals surface area (Å²) in [6.45, 7) is 0.404. The van der Waals surface area contributed by atoms with E-state index in [1.165, 1.54) is 19.2 Å². The summed E-state index contributed by atoms with van der Waals surface area (Å²) in [6.07, 6.45) is 3.04. The van der Waals surface area contributed by atoms with Crippen molar-refractivity contribution in [2.45, 2.75) is 32.6 Å². The van der Waals surface area contributed by atoms with Crippen LogP contribution in [-0.2, 0) is 23.9 Å². The molecule has 1 aliphatic carbocycles. The fraction of sp³-hybridized carbons (Fsp3) is 0.500. The van der Waals surface area contributed by atoms with Crippen LogP contribution in [0.2, 0.25) is 0 Å². The molecule has 1 aliphatic heterocycles. The van der Waals surface area contributed by atoms with Crippen molar-refractivity contribution in [2.75, 3.05) is 25.6 Å². The Balaban J connectivity index is 1.55. The summed E-state index contributed by atoms with van der Waals surface area (Å²) in [7, 11) is 1.27. The zero-order valence-corrected chi connectivity index (χ0v) is 17.2. The first-order chi connectivity index (χ1) is 14.7. The van der Waals surface area contributed by atoms with Crippen LogP contribution in [0.3, 0.4) is 0 Å². The van der Waals surface area contributed by atoms with Crippen molar-refractivity contribution in [2.24, 2.45) is 11.8 Å². The number of aryl methyl sites for hydroxylation is 1. The fourth-order valence-corrected chi connectivity index (χ4v) is 4.01. The summed E-state index contributed by atoms with van der Waals surface area (Å²) in [5, 5.41) is 13.5. The standard InChI is InChI=1S/C20H23N3O8/c1-11-7-15(23(28)29)16(30-2)8-14(11)21-17(24)10-31-18(25)9-22-19(26)12-5-3-4-6-13(12)20(22)27/h7-8,12-13H,3-6,9-10H2,1-2H3,(H,21,24)/t12-,13+. The number of rotatable bonds is 7. The maximum absolute atomic E-state index is 12.4. The molecule has 1 N–H and O–H groups in total. The molecule has 1 heterocycles. The number of carbonyl (C=O) groups is 4. The minimum atomic E-state index is -0.867. The number of esters is 1. The second kappa shape index (κ2) is 9.11. The van der Waals surface area contributed by atoms with Gasteiger partial charge in [0.25, 0.3) is 5.91 Å². The minimum absolute atomic E-state index is 0.0320. The minimum Gasteiger partial charge on any atom is -0.490 e. The first kappa shape index (κ1) is 22.2. The number of hydrogen-bond acceptors (Lipinski definition) is 8. The molecule has 0 unspecified atom stereocenters. The number of fused-ring (bicyclic) bond motifs is 1. The highest BCUT2D eigenvalue weighted by Gasteiger charge is 2.48. The van der Waals surface area contributed by atoms with Crippen molar-refractivity contribution in [3.63, 3.8) is 0 Å². The zero-order chi connectivity index (χ0) is 22.7. The van der Waals surface area contributed by atoms with Gasteiger partial charge < -0.3 is 14.8 Å². The number of ether oxygens (including phenoxy) is 2. The van der Waals surface area contributed by atoms with Crippen LogP contribution in [0.4, 0.5) is 11.4 Å². The third-order valence-corrected chi connectivity index (χ3v) is 5.58. The van der Waals surface area contributed by atoms with Crippen LogP contribution < -0.4 is 10.1 Å². The number of carbonyl (C=O) groups excluding carboxylic acids is 4. The summed E-state index contributed by atoms with van der Waals surface area (Å²) < 4.78 is 9.88. The van der Waals surface area contributed by atoms with E-state index < -0.39 is 30.0 Å². The smallest absolute Gasteiger partial charge is 0.326 e. The number of imide groups is 1. The molecular formula is C20H23N3O8. The van der Waals surface area contributed by atoms with Gasteiger partial charge in [0, 0.05) is 17.8 Å². The van der Waals surface area contributed by atoms with Gasteiger partial charge in [-0.25, -0.2) is 0 Å². The molecule has 11 heteroatoms. The maximum Gasteiger partial charge on any atom is 0.326 e. The quantitative estimate of drug-likeness (QED) is 0.295. The molecule has 2 atom stereocenters. The van der Waals surface area contributed by atoms with Crippen molar-refractivity contribution in [3.8, 4) is 5.75 Å². The molecule has 2 fully saturated rings. The molecule has 11 nitrogen and oxygen atoms in total. The zero-order valence-electron chi connectivity index (χ0n) is 17.2. The molecule has 3 rings (SSSR count). The first-order valence-electron chi connectivity index (χ1n) is 9.86. The maximum atomic E-state index is 12.4. The largest absolute Gasteiger partial charge is 0.490 e. The van der Waals surface area contributed by atoms with Crippen molar-refractivity contribution in [3.05, 3.63) is 27.8 Å². The Labute approximate surface area is 177 Å². The number of benzene rings is 1. The molecule has 1 aromatic carbocycles. The lowest BCUT2D eigenvalue weighted by Gasteiger charge is -2.19. The van der Waals surface area contributed by atoms with Gasteiger partial charge in [0.2, 0.25) is 11.8 Å². The molecule has 1 aromatic rings. The lowest BCUT2D eigenvalue weighted by atomic mass is 9.81. The number of amides is 3. The van der Waals surface area contributed by atoms with E-state index in [1.807, 2.05) is 0 Å². The molecule has 3 amide bonds. The molecule has 166 valence electrons. The highest BCUT2D eigenvalue weighted by Crippen LogP contribution is 2.38. The molecule has 0 bridgehead atoms. The van der Waals surface area contributed by atoms with E-state index in [4.69, 9.17) is 9.47 Å². The Morgan fingerprint density at radius 3 is 2.35 bits per heavy atom. The van der Waals surface area contributed by atoms with Crippen molar-refractivity contribution in [1.82, 2.24) is 4.90 Å². The third kappa shape index (κ3) is 4.65. The van der Waals surface area contributed by atoms with Crippen LogP contribution in [0, 0.1) is 28.9 Å². The number of anilines is 1. The van der Waals surface area contributed by atoms with E-state index in [0.29, 0.717) is 18.4 Å². The van der Waals surface area contributed by atoms with Crippen LogP contribution in [0.15, 0.2) is 12.1 Å². The predicted octanol–water partition coefficient (Wildman–Crippen LogP) is 1.57. The number of hydrogen-bond donors (Lipinski definition) is 1. The Morgan fingerprint density at radius 1 is 1.19 bits per heavy atom. The van der Waals surface area contributed by atoms with Crippen LogP contribution in [0.25, 0.3) is 0 Å². The van der Waals surface area contributed by atoms with Crippen molar-refractivity contribution >= 4 is 35.1 Å². The summed E-state index contributed by atoms with van der Waals surface area (Å²) in [5.41, 5.74) is 0.436. The predicted molar refractivity (Wildman–Crippen MR) is 106 cm³/mol. The molecule has 0 aromatic heterocycles. The van der Waals surface area contributed by atoms with Gasteiger partial charge in [-0.2, -0.15) is 0 Å². The fourth-order valence-electron chi connectivity index (χ4n) is 4.01. The molecule has 0 radical (unpaired) electrons. The summed E-state index contributed by atoms with van der Waals surface area (Å²) in [5.74, 6) is -3.02. The topological polar surface area (TPSA) is 145 Å². The van der Waals surface area contributed by atoms with E-state index >= 15 is 0 Å². The van der Waals surface area contributed by atoms with E-state index in [0.717, 1.165) is 17.7 Å². The molecule has 31 heavy (non-hydrogen) atoms. The average Bonchev–Trinajstić information content (AvgIpc) is 2.98. The van der Waals surface area contributed by atoms with Gasteiger partial charge in [0.1, 0.15) is 6.54 Å². The van der Waals surface area contributed by atoms with E-state index in [-0.39, 0.29) is 40.8 Å². The van der Waals surface area contributed by atoms with Crippen LogP contribution in [0.1, 0.15) is 31.2 Å². The molecule has 2 aliphatic rings. The van der Waals surface area contributed by atoms with Crippen LogP contribution in [0.5, 0.6) is 5.75 Å². The van der Waals surface area contributed by atoms with E-state index in [2.05, 4.69) is 5.32 Å². The lowest BCUT2D eigenvalue weighted by molar-refractivity contribution is -0.385. The number of nitro groups is 1. The Kier molecular flexibility index (Phi) is 6.52. The summed E-state index contributed by atoms with van der Waals surface area (Å²) in [6, 6.07) is 2.56. The second-order valence-electron chi connectivity index (χ2n) is 7.57. The lowest BCUT2D eigenvalue weighted by Crippen LogP contribution is -2.37. The van der Waals surface area contributed by atoms with E-state index in [9.17, 15) is 29.3 Å².